The Balaban J connectivity index is 0.000000314. The Labute approximate surface area is 170 Å². The fourth-order valence-corrected chi connectivity index (χ4v) is 2.50. The molecular formula is C20H22O10. The van der Waals surface area contributed by atoms with Crippen LogP contribution in [0.15, 0.2) is 36.4 Å². The third kappa shape index (κ3) is 6.74. The molecule has 2 rings (SSSR count). The first-order chi connectivity index (χ1) is 13.9. The molecule has 10 heteroatoms. The normalized spacial score (nSPS) is 11.7. The molecule has 2 aromatic carbocycles. The fourth-order valence-electron chi connectivity index (χ4n) is 2.50. The van der Waals surface area contributed by atoms with Gasteiger partial charge in [-0.25, -0.2) is 4.79 Å². The maximum atomic E-state index is 10.9. The fraction of sp³-hybridized carbons (Fsp3) is 0.300. The van der Waals surface area contributed by atoms with E-state index in [1.165, 1.54) is 0 Å². The van der Waals surface area contributed by atoms with Crippen molar-refractivity contribution in [3.63, 3.8) is 0 Å². The first kappa shape index (κ1) is 24.4. The summed E-state index contributed by atoms with van der Waals surface area (Å²) in [4.78, 5) is 41.4. The van der Waals surface area contributed by atoms with Crippen LogP contribution in [-0.2, 0) is 19.2 Å². The molecule has 0 aliphatic rings. The second-order valence-corrected chi connectivity index (χ2v) is 6.51. The van der Waals surface area contributed by atoms with Crippen LogP contribution < -0.4 is 4.74 Å². The lowest BCUT2D eigenvalue weighted by Gasteiger charge is -2.18. The van der Waals surface area contributed by atoms with Crippen molar-refractivity contribution in [2.45, 2.75) is 31.3 Å². The number of hydrogen-bond acceptors (Lipinski definition) is 6. The van der Waals surface area contributed by atoms with E-state index in [0.29, 0.717) is 0 Å². The van der Waals surface area contributed by atoms with Gasteiger partial charge in [0.1, 0.15) is 5.75 Å². The number of rotatable bonds is 8. The van der Waals surface area contributed by atoms with E-state index in [1.807, 2.05) is 36.4 Å². The van der Waals surface area contributed by atoms with Gasteiger partial charge in [-0.1, -0.05) is 24.3 Å². The highest BCUT2D eigenvalue weighted by molar-refractivity contribution is 5.88. The standard InChI is InChI=1S/C14H14O3.C6H8O7/c1-9(14(15)16)10-3-4-12-8-13(17-2)6-5-11(12)7-10;7-3(8)1-6(13,5(11)12)2-4(9)10/h3-9H,1-2H3,(H,15,16);13H,1-2H2,(H,7,8)(H,9,10)(H,11,12). The zero-order chi connectivity index (χ0) is 23.1. The lowest BCUT2D eigenvalue weighted by molar-refractivity contribution is -0.170. The van der Waals surface area contributed by atoms with Gasteiger partial charge in [-0.3, -0.25) is 14.4 Å². The second-order valence-electron chi connectivity index (χ2n) is 6.51. The van der Waals surface area contributed by atoms with Crippen molar-refractivity contribution in [3.8, 4) is 5.75 Å². The highest BCUT2D eigenvalue weighted by Crippen LogP contribution is 2.25. The molecule has 0 radical (unpaired) electrons. The zero-order valence-corrected chi connectivity index (χ0v) is 16.2. The van der Waals surface area contributed by atoms with Crippen molar-refractivity contribution < 1.29 is 49.4 Å². The molecule has 30 heavy (non-hydrogen) atoms. The molecule has 0 saturated carbocycles. The van der Waals surface area contributed by atoms with Crippen molar-refractivity contribution in [2.75, 3.05) is 7.11 Å². The van der Waals surface area contributed by atoms with Crippen LogP contribution >= 0.6 is 0 Å². The molecule has 0 fully saturated rings. The monoisotopic (exact) mass is 422 g/mol. The maximum absolute atomic E-state index is 10.9. The summed E-state index contributed by atoms with van der Waals surface area (Å²) < 4.78 is 5.14. The topological polar surface area (TPSA) is 179 Å². The summed E-state index contributed by atoms with van der Waals surface area (Å²) in [5, 5.41) is 44.9. The van der Waals surface area contributed by atoms with Gasteiger partial charge in [0.05, 0.1) is 25.9 Å². The van der Waals surface area contributed by atoms with Crippen molar-refractivity contribution >= 4 is 34.6 Å². The number of ether oxygens (including phenoxy) is 1. The number of carboxylic acid groups (broad SMARTS) is 4. The van der Waals surface area contributed by atoms with Crippen molar-refractivity contribution in [1.29, 1.82) is 0 Å². The summed E-state index contributed by atoms with van der Waals surface area (Å²) in [7, 11) is 1.63. The zero-order valence-electron chi connectivity index (χ0n) is 16.2. The van der Waals surface area contributed by atoms with Crippen LogP contribution in [0.3, 0.4) is 0 Å². The smallest absolute Gasteiger partial charge is 0.336 e. The number of aliphatic carboxylic acids is 4. The summed E-state index contributed by atoms with van der Waals surface area (Å²) in [5.74, 6) is -5.51. The number of methoxy groups -OCH3 is 1. The summed E-state index contributed by atoms with van der Waals surface area (Å²) in [6.45, 7) is 1.69. The predicted octanol–water partition coefficient (Wildman–Crippen LogP) is 1.79. The van der Waals surface area contributed by atoms with Crippen LogP contribution in [0.5, 0.6) is 5.75 Å². The number of carbonyl (C=O) groups is 4. The average Bonchev–Trinajstić information content (AvgIpc) is 2.65. The van der Waals surface area contributed by atoms with Crippen LogP contribution in [0, 0.1) is 0 Å². The summed E-state index contributed by atoms with van der Waals surface area (Å²) in [6.07, 6.45) is -2.29. The van der Waals surface area contributed by atoms with E-state index in [9.17, 15) is 19.2 Å². The predicted molar refractivity (Wildman–Crippen MR) is 104 cm³/mol. The average molecular weight is 422 g/mol. The van der Waals surface area contributed by atoms with E-state index in [4.69, 9.17) is 30.3 Å². The van der Waals surface area contributed by atoms with E-state index in [-0.39, 0.29) is 0 Å². The molecule has 2 aromatic rings. The Hall–Kier alpha value is -3.66. The number of benzene rings is 2. The van der Waals surface area contributed by atoms with Gasteiger partial charge in [0.25, 0.3) is 0 Å². The minimum atomic E-state index is -2.74. The summed E-state index contributed by atoms with van der Waals surface area (Å²) in [6, 6.07) is 11.4. The first-order valence-electron chi connectivity index (χ1n) is 8.59. The van der Waals surface area contributed by atoms with E-state index in [1.54, 1.807) is 14.0 Å². The Morgan fingerprint density at radius 1 is 0.900 bits per heavy atom. The summed E-state index contributed by atoms with van der Waals surface area (Å²) in [5.41, 5.74) is -1.92. The van der Waals surface area contributed by atoms with Crippen molar-refractivity contribution in [1.82, 2.24) is 0 Å². The van der Waals surface area contributed by atoms with Gasteiger partial charge < -0.3 is 30.3 Å². The van der Waals surface area contributed by atoms with Crippen molar-refractivity contribution in [3.05, 3.63) is 42.0 Å². The van der Waals surface area contributed by atoms with Gasteiger partial charge in [0, 0.05) is 0 Å². The molecule has 0 aromatic heterocycles. The Morgan fingerprint density at radius 3 is 1.83 bits per heavy atom. The number of fused-ring (bicyclic) bond motifs is 1. The van der Waals surface area contributed by atoms with E-state index in [0.717, 1.165) is 22.1 Å². The molecule has 0 saturated heterocycles. The molecule has 0 aliphatic heterocycles. The SMILES string of the molecule is COc1ccc2cc(C(C)C(=O)O)ccc2c1.O=C(O)CC(O)(CC(=O)O)C(=O)O. The Morgan fingerprint density at radius 2 is 1.40 bits per heavy atom. The minimum Gasteiger partial charge on any atom is -0.497 e. The lowest BCUT2D eigenvalue weighted by Crippen LogP contribution is -2.42. The number of carboxylic acids is 4. The minimum absolute atomic E-state index is 0.485. The van der Waals surface area contributed by atoms with Gasteiger partial charge in [-0.05, 0) is 35.4 Å². The van der Waals surface area contributed by atoms with Crippen LogP contribution in [0.1, 0.15) is 31.2 Å². The van der Waals surface area contributed by atoms with Crippen LogP contribution in [0.25, 0.3) is 10.8 Å². The molecule has 5 N–H and O–H groups in total. The van der Waals surface area contributed by atoms with Crippen LogP contribution in [0.4, 0.5) is 0 Å². The number of hydrogen-bond donors (Lipinski definition) is 5. The van der Waals surface area contributed by atoms with Crippen LogP contribution in [0.2, 0.25) is 0 Å². The molecule has 0 aliphatic carbocycles. The molecule has 1 unspecified atom stereocenters. The molecule has 0 heterocycles. The van der Waals surface area contributed by atoms with Gasteiger partial charge in [-0.2, -0.15) is 0 Å². The molecule has 0 amide bonds. The largest absolute Gasteiger partial charge is 0.497 e. The molecule has 0 bridgehead atoms. The maximum Gasteiger partial charge on any atom is 0.336 e. The summed E-state index contributed by atoms with van der Waals surface area (Å²) >= 11 is 0. The third-order valence-corrected chi connectivity index (χ3v) is 4.23. The van der Waals surface area contributed by atoms with Gasteiger partial charge in [-0.15, -0.1) is 0 Å². The lowest BCUT2D eigenvalue weighted by atomic mass is 9.96. The molecule has 10 nitrogen and oxygen atoms in total. The Bertz CT molecular complexity index is 934. The molecule has 162 valence electrons. The first-order valence-corrected chi connectivity index (χ1v) is 8.59. The number of aliphatic hydroxyl groups is 1. The van der Waals surface area contributed by atoms with Gasteiger partial charge in [0.2, 0.25) is 0 Å². The van der Waals surface area contributed by atoms with Crippen LogP contribution in [-0.4, -0.2) is 62.1 Å². The third-order valence-electron chi connectivity index (χ3n) is 4.23. The Kier molecular flexibility index (Phi) is 8.30. The van der Waals surface area contributed by atoms with E-state index in [2.05, 4.69) is 0 Å². The quantitative estimate of drug-likeness (QED) is 0.421. The second kappa shape index (κ2) is 10.2. The van der Waals surface area contributed by atoms with E-state index >= 15 is 0 Å². The highest BCUT2D eigenvalue weighted by Gasteiger charge is 2.40. The van der Waals surface area contributed by atoms with Crippen molar-refractivity contribution in [2.24, 2.45) is 0 Å². The highest BCUT2D eigenvalue weighted by atomic mass is 16.5. The van der Waals surface area contributed by atoms with Gasteiger partial charge >= 0.3 is 23.9 Å². The molecular weight excluding hydrogens is 400 g/mol. The molecule has 0 spiro atoms. The van der Waals surface area contributed by atoms with Gasteiger partial charge in [0.15, 0.2) is 5.60 Å². The molecule has 1 atom stereocenters. The van der Waals surface area contributed by atoms with E-state index < -0.39 is 48.2 Å².